The van der Waals surface area contributed by atoms with Gasteiger partial charge in [0.15, 0.2) is 0 Å². The van der Waals surface area contributed by atoms with Gasteiger partial charge in [0.1, 0.15) is 0 Å². The summed E-state index contributed by atoms with van der Waals surface area (Å²) in [6.07, 6.45) is 1.16. The molecule has 1 aliphatic rings. The van der Waals surface area contributed by atoms with E-state index in [1.54, 1.807) is 0 Å². The van der Waals surface area contributed by atoms with Crippen LogP contribution in [0.4, 0.5) is 0 Å². The van der Waals surface area contributed by atoms with E-state index in [2.05, 4.69) is 60.0 Å². The van der Waals surface area contributed by atoms with E-state index in [4.69, 9.17) is 0 Å². The lowest BCUT2D eigenvalue weighted by atomic mass is 10.0. The molecule has 0 bridgehead atoms. The van der Waals surface area contributed by atoms with Crippen molar-refractivity contribution in [3.8, 4) is 0 Å². The zero-order valence-corrected chi connectivity index (χ0v) is 13.3. The van der Waals surface area contributed by atoms with Crippen LogP contribution in [0, 0.1) is 13.8 Å². The van der Waals surface area contributed by atoms with Gasteiger partial charge in [-0.2, -0.15) is 0 Å². The van der Waals surface area contributed by atoms with Crippen LogP contribution in [0.1, 0.15) is 29.4 Å². The Hall–Kier alpha value is -1.19. The van der Waals surface area contributed by atoms with Crippen LogP contribution >= 0.6 is 11.9 Å². The van der Waals surface area contributed by atoms with Crippen LogP contribution in [0.3, 0.4) is 0 Å². The maximum absolute atomic E-state index is 2.49. The maximum atomic E-state index is 2.49. The molecule has 0 amide bonds. The SMILES string of the molecule is CCn1c(C)cc(SN2CCc3ccccc3C2)c1C. The van der Waals surface area contributed by atoms with Crippen LogP contribution in [-0.4, -0.2) is 15.4 Å². The Kier molecular flexibility index (Phi) is 3.90. The second-order valence-electron chi connectivity index (χ2n) is 5.45. The lowest BCUT2D eigenvalue weighted by molar-refractivity contribution is 0.444. The van der Waals surface area contributed by atoms with Crippen molar-refractivity contribution in [1.29, 1.82) is 0 Å². The Morgan fingerprint density at radius 1 is 1.15 bits per heavy atom. The Morgan fingerprint density at radius 3 is 2.60 bits per heavy atom. The fourth-order valence-corrected chi connectivity index (χ4v) is 4.17. The third kappa shape index (κ3) is 2.52. The minimum absolute atomic E-state index is 1.05. The molecular formula is C17H22N2S. The molecule has 3 rings (SSSR count). The normalized spacial score (nSPS) is 15.3. The van der Waals surface area contributed by atoms with Gasteiger partial charge in [-0.25, -0.2) is 4.31 Å². The van der Waals surface area contributed by atoms with Crippen molar-refractivity contribution in [3.05, 3.63) is 52.8 Å². The molecule has 2 nitrogen and oxygen atoms in total. The molecule has 1 aromatic heterocycles. The average molecular weight is 286 g/mol. The third-order valence-electron chi connectivity index (χ3n) is 4.17. The largest absolute Gasteiger partial charge is 0.348 e. The zero-order chi connectivity index (χ0) is 14.1. The summed E-state index contributed by atoms with van der Waals surface area (Å²) in [4.78, 5) is 1.41. The highest BCUT2D eigenvalue weighted by Crippen LogP contribution is 2.32. The van der Waals surface area contributed by atoms with E-state index >= 15 is 0 Å². The molecule has 0 saturated carbocycles. The summed E-state index contributed by atoms with van der Waals surface area (Å²) in [5.41, 5.74) is 5.76. The highest BCUT2D eigenvalue weighted by Gasteiger charge is 2.18. The van der Waals surface area contributed by atoms with Crippen LogP contribution in [0.15, 0.2) is 35.2 Å². The predicted octanol–water partition coefficient (Wildman–Crippen LogP) is 4.19. The number of fused-ring (bicyclic) bond motifs is 1. The Labute approximate surface area is 125 Å². The predicted molar refractivity (Wildman–Crippen MR) is 86.0 cm³/mol. The van der Waals surface area contributed by atoms with Gasteiger partial charge >= 0.3 is 0 Å². The van der Waals surface area contributed by atoms with Crippen molar-refractivity contribution in [2.24, 2.45) is 0 Å². The number of nitrogens with zero attached hydrogens (tertiary/aromatic N) is 2. The highest BCUT2D eigenvalue weighted by molar-refractivity contribution is 7.97. The van der Waals surface area contributed by atoms with Gasteiger partial charge in [0.05, 0.1) is 0 Å². The first-order valence-corrected chi connectivity index (χ1v) is 8.12. The molecule has 2 aromatic rings. The van der Waals surface area contributed by atoms with E-state index in [1.165, 1.54) is 27.4 Å². The summed E-state index contributed by atoms with van der Waals surface area (Å²) in [5.74, 6) is 0. The molecular weight excluding hydrogens is 264 g/mol. The average Bonchev–Trinajstić information content (AvgIpc) is 2.73. The Morgan fingerprint density at radius 2 is 1.90 bits per heavy atom. The van der Waals surface area contributed by atoms with Crippen LogP contribution in [0.5, 0.6) is 0 Å². The van der Waals surface area contributed by atoms with E-state index in [-0.39, 0.29) is 0 Å². The number of hydrogen-bond donors (Lipinski definition) is 0. The van der Waals surface area contributed by atoms with Crippen LogP contribution < -0.4 is 0 Å². The molecule has 2 heterocycles. The van der Waals surface area contributed by atoms with Crippen LogP contribution in [0.25, 0.3) is 0 Å². The van der Waals surface area contributed by atoms with Gasteiger partial charge in [0.2, 0.25) is 0 Å². The monoisotopic (exact) mass is 286 g/mol. The minimum Gasteiger partial charge on any atom is -0.348 e. The molecule has 20 heavy (non-hydrogen) atoms. The van der Waals surface area contributed by atoms with Gasteiger partial charge in [-0.1, -0.05) is 24.3 Å². The number of aryl methyl sites for hydroxylation is 1. The van der Waals surface area contributed by atoms with Crippen molar-refractivity contribution in [2.45, 2.75) is 45.2 Å². The van der Waals surface area contributed by atoms with E-state index in [0.717, 1.165) is 26.1 Å². The summed E-state index contributed by atoms with van der Waals surface area (Å²) < 4.78 is 4.88. The fourth-order valence-electron chi connectivity index (χ4n) is 3.04. The lowest BCUT2D eigenvalue weighted by Gasteiger charge is -2.27. The lowest BCUT2D eigenvalue weighted by Crippen LogP contribution is -2.24. The van der Waals surface area contributed by atoms with Crippen molar-refractivity contribution in [2.75, 3.05) is 6.54 Å². The molecule has 1 aromatic carbocycles. The van der Waals surface area contributed by atoms with E-state index in [0.29, 0.717) is 0 Å². The molecule has 0 atom stereocenters. The van der Waals surface area contributed by atoms with Crippen molar-refractivity contribution >= 4 is 11.9 Å². The van der Waals surface area contributed by atoms with Crippen LogP contribution in [0.2, 0.25) is 0 Å². The first-order chi connectivity index (χ1) is 9.69. The third-order valence-corrected chi connectivity index (χ3v) is 5.35. The van der Waals surface area contributed by atoms with E-state index in [1.807, 2.05) is 11.9 Å². The van der Waals surface area contributed by atoms with Gasteiger partial charge in [-0.05, 0) is 56.3 Å². The summed E-state index contributed by atoms with van der Waals surface area (Å²) >= 11 is 1.92. The van der Waals surface area contributed by atoms with Crippen molar-refractivity contribution < 1.29 is 0 Å². The van der Waals surface area contributed by atoms with Gasteiger partial charge in [-0.15, -0.1) is 0 Å². The molecule has 1 aliphatic heterocycles. The minimum atomic E-state index is 1.05. The molecule has 0 aliphatic carbocycles. The van der Waals surface area contributed by atoms with Gasteiger partial charge < -0.3 is 4.57 Å². The quantitative estimate of drug-likeness (QED) is 0.782. The standard InChI is InChI=1S/C17H22N2S/c1-4-19-13(2)11-17(14(19)3)20-18-10-9-15-7-5-6-8-16(15)12-18/h5-8,11H,4,9-10,12H2,1-3H3. The summed E-state index contributed by atoms with van der Waals surface area (Å²) in [5, 5.41) is 0. The van der Waals surface area contributed by atoms with Crippen molar-refractivity contribution in [3.63, 3.8) is 0 Å². The number of benzene rings is 1. The summed E-state index contributed by atoms with van der Waals surface area (Å²) in [7, 11) is 0. The number of hydrogen-bond acceptors (Lipinski definition) is 2. The maximum Gasteiger partial charge on any atom is 0.0439 e. The topological polar surface area (TPSA) is 8.17 Å². The number of rotatable bonds is 3. The molecule has 0 spiro atoms. The molecule has 0 saturated heterocycles. The Bertz CT molecular complexity index is 615. The van der Waals surface area contributed by atoms with E-state index in [9.17, 15) is 0 Å². The van der Waals surface area contributed by atoms with Gasteiger partial charge in [0, 0.05) is 35.9 Å². The summed E-state index contributed by atoms with van der Waals surface area (Å²) in [6, 6.07) is 11.1. The van der Waals surface area contributed by atoms with Gasteiger partial charge in [0.25, 0.3) is 0 Å². The van der Waals surface area contributed by atoms with E-state index < -0.39 is 0 Å². The van der Waals surface area contributed by atoms with Crippen molar-refractivity contribution in [1.82, 2.24) is 8.87 Å². The first-order valence-electron chi connectivity index (χ1n) is 7.35. The zero-order valence-electron chi connectivity index (χ0n) is 12.5. The fraction of sp³-hybridized carbons (Fsp3) is 0.412. The first kappa shape index (κ1) is 13.8. The number of aromatic nitrogens is 1. The molecule has 106 valence electrons. The van der Waals surface area contributed by atoms with Crippen LogP contribution in [-0.2, 0) is 19.5 Å². The molecule has 0 fully saturated rings. The van der Waals surface area contributed by atoms with Gasteiger partial charge in [-0.3, -0.25) is 0 Å². The molecule has 0 unspecified atom stereocenters. The highest BCUT2D eigenvalue weighted by atomic mass is 32.2. The Balaban J connectivity index is 1.77. The molecule has 0 radical (unpaired) electrons. The smallest absolute Gasteiger partial charge is 0.0439 e. The second-order valence-corrected chi connectivity index (χ2v) is 6.59. The summed E-state index contributed by atoms with van der Waals surface area (Å²) in [6.45, 7) is 9.89. The second kappa shape index (κ2) is 5.66. The molecule has 0 N–H and O–H groups in total. The molecule has 3 heteroatoms.